The Kier molecular flexibility index (Phi) is 12.0. The van der Waals surface area contributed by atoms with Crippen LogP contribution < -0.4 is 15.4 Å². The molecule has 0 spiro atoms. The highest BCUT2D eigenvalue weighted by Crippen LogP contribution is 2.22. The van der Waals surface area contributed by atoms with Crippen LogP contribution in [0.1, 0.15) is 30.0 Å². The van der Waals surface area contributed by atoms with Gasteiger partial charge >= 0.3 is 0 Å². The molecule has 1 aliphatic heterocycles. The van der Waals surface area contributed by atoms with Crippen LogP contribution in [0.15, 0.2) is 53.5 Å². The predicted octanol–water partition coefficient (Wildman–Crippen LogP) is 4.21. The molecule has 1 aliphatic rings. The summed E-state index contributed by atoms with van der Waals surface area (Å²) < 4.78 is 11.6. The van der Waals surface area contributed by atoms with E-state index in [4.69, 9.17) is 9.47 Å². The average Bonchev–Trinajstić information content (AvgIpc) is 3.33. The molecule has 7 heteroatoms. The molecule has 2 aromatic rings. The Labute approximate surface area is 216 Å². The van der Waals surface area contributed by atoms with Crippen LogP contribution in [-0.4, -0.2) is 57.4 Å². The Morgan fingerprint density at radius 2 is 2.00 bits per heavy atom. The molecule has 182 valence electrons. The monoisotopic (exact) mass is 566 g/mol. The molecule has 2 N–H and O–H groups in total. The fourth-order valence-corrected chi connectivity index (χ4v) is 3.69. The van der Waals surface area contributed by atoms with Crippen LogP contribution in [-0.2, 0) is 17.8 Å². The van der Waals surface area contributed by atoms with Crippen LogP contribution in [0.3, 0.4) is 0 Å². The standard InChI is InChI=1S/C26H38N4O2.HI/c1-20-10-11-24(25(14-20)32-19-23-12-13-31-18-23)16-29-26(27-3)28-15-21(2)30(4)17-22-8-6-5-7-9-22;/h5-11,14,21,23H,12-13,15-19H2,1-4H3,(H2,27,28,29);1H. The van der Waals surface area contributed by atoms with Gasteiger partial charge in [0.2, 0.25) is 0 Å². The van der Waals surface area contributed by atoms with E-state index < -0.39 is 0 Å². The van der Waals surface area contributed by atoms with Gasteiger partial charge in [-0.2, -0.15) is 0 Å². The van der Waals surface area contributed by atoms with Crippen molar-refractivity contribution in [2.45, 2.75) is 39.4 Å². The first-order chi connectivity index (χ1) is 15.5. The largest absolute Gasteiger partial charge is 0.493 e. The van der Waals surface area contributed by atoms with E-state index in [1.54, 1.807) is 7.05 Å². The lowest BCUT2D eigenvalue weighted by atomic mass is 10.1. The van der Waals surface area contributed by atoms with Crippen molar-refractivity contribution in [3.05, 3.63) is 65.2 Å². The van der Waals surface area contributed by atoms with E-state index in [-0.39, 0.29) is 24.0 Å². The van der Waals surface area contributed by atoms with Crippen LogP contribution in [0.25, 0.3) is 0 Å². The molecule has 1 fully saturated rings. The lowest BCUT2D eigenvalue weighted by molar-refractivity contribution is 0.166. The maximum atomic E-state index is 6.17. The second-order valence-corrected chi connectivity index (χ2v) is 8.71. The summed E-state index contributed by atoms with van der Waals surface area (Å²) in [6, 6.07) is 17.3. The van der Waals surface area contributed by atoms with Crippen molar-refractivity contribution in [1.82, 2.24) is 15.5 Å². The summed E-state index contributed by atoms with van der Waals surface area (Å²) in [5.74, 6) is 2.22. The van der Waals surface area contributed by atoms with Gasteiger partial charge in [0.05, 0.1) is 13.2 Å². The Morgan fingerprint density at radius 3 is 2.70 bits per heavy atom. The van der Waals surface area contributed by atoms with Crippen molar-refractivity contribution < 1.29 is 9.47 Å². The first kappa shape index (κ1) is 27.4. The summed E-state index contributed by atoms with van der Waals surface area (Å²) in [5, 5.41) is 6.89. The highest BCUT2D eigenvalue weighted by Gasteiger charge is 2.17. The van der Waals surface area contributed by atoms with Crippen molar-refractivity contribution in [1.29, 1.82) is 0 Å². The van der Waals surface area contributed by atoms with Crippen LogP contribution in [0, 0.1) is 12.8 Å². The zero-order valence-corrected chi connectivity index (χ0v) is 22.7. The summed E-state index contributed by atoms with van der Waals surface area (Å²) >= 11 is 0. The highest BCUT2D eigenvalue weighted by atomic mass is 127. The molecule has 33 heavy (non-hydrogen) atoms. The minimum atomic E-state index is 0. The molecule has 1 heterocycles. The van der Waals surface area contributed by atoms with E-state index >= 15 is 0 Å². The number of hydrogen-bond acceptors (Lipinski definition) is 4. The summed E-state index contributed by atoms with van der Waals surface area (Å²) in [4.78, 5) is 6.73. The number of ether oxygens (including phenoxy) is 2. The zero-order valence-electron chi connectivity index (χ0n) is 20.3. The maximum absolute atomic E-state index is 6.17. The molecule has 3 rings (SSSR count). The lowest BCUT2D eigenvalue weighted by Gasteiger charge is -2.26. The third kappa shape index (κ3) is 9.14. The summed E-state index contributed by atoms with van der Waals surface area (Å²) in [6.45, 7) is 9.05. The normalized spacial score (nSPS) is 16.9. The fraction of sp³-hybridized carbons (Fsp3) is 0.500. The number of nitrogens with zero attached hydrogens (tertiary/aromatic N) is 2. The molecular weight excluding hydrogens is 527 g/mol. The van der Waals surface area contributed by atoms with Crippen molar-refractivity contribution in [2.24, 2.45) is 10.9 Å². The SMILES string of the molecule is CN=C(NCc1ccc(C)cc1OCC1CCOC1)NCC(C)N(C)Cc1ccccc1.I. The molecule has 0 bridgehead atoms. The third-order valence-corrected chi connectivity index (χ3v) is 5.98. The van der Waals surface area contributed by atoms with Gasteiger partial charge in [-0.3, -0.25) is 9.89 Å². The molecule has 2 atom stereocenters. The first-order valence-corrected chi connectivity index (χ1v) is 11.5. The number of aliphatic imine (C=N–C) groups is 1. The van der Waals surface area contributed by atoms with E-state index in [0.717, 1.165) is 50.0 Å². The molecule has 1 saturated heterocycles. The summed E-state index contributed by atoms with van der Waals surface area (Å²) in [5.41, 5.74) is 3.65. The number of benzene rings is 2. The van der Waals surface area contributed by atoms with Gasteiger partial charge in [-0.05, 0) is 44.5 Å². The number of likely N-dealkylation sites (N-methyl/N-ethyl adjacent to an activating group) is 1. The van der Waals surface area contributed by atoms with E-state index in [1.165, 1.54) is 11.1 Å². The summed E-state index contributed by atoms with van der Waals surface area (Å²) in [6.07, 6.45) is 1.08. The maximum Gasteiger partial charge on any atom is 0.191 e. The number of rotatable bonds is 10. The Morgan fingerprint density at radius 1 is 1.21 bits per heavy atom. The van der Waals surface area contributed by atoms with E-state index in [1.807, 2.05) is 0 Å². The lowest BCUT2D eigenvalue weighted by Crippen LogP contribution is -2.44. The minimum absolute atomic E-state index is 0. The first-order valence-electron chi connectivity index (χ1n) is 11.5. The molecule has 2 unspecified atom stereocenters. The van der Waals surface area contributed by atoms with Gasteiger partial charge in [-0.25, -0.2) is 0 Å². The number of halogens is 1. The van der Waals surface area contributed by atoms with E-state index in [9.17, 15) is 0 Å². The topological polar surface area (TPSA) is 58.1 Å². The second-order valence-electron chi connectivity index (χ2n) is 8.71. The molecule has 0 saturated carbocycles. The third-order valence-electron chi connectivity index (χ3n) is 5.98. The Balaban J connectivity index is 0.00000385. The van der Waals surface area contributed by atoms with Crippen LogP contribution in [0.5, 0.6) is 5.75 Å². The van der Waals surface area contributed by atoms with Gasteiger partial charge in [0.1, 0.15) is 5.75 Å². The summed E-state index contributed by atoms with van der Waals surface area (Å²) in [7, 11) is 3.96. The minimum Gasteiger partial charge on any atom is -0.493 e. The van der Waals surface area contributed by atoms with Crippen LogP contribution in [0.4, 0.5) is 0 Å². The van der Waals surface area contributed by atoms with Crippen molar-refractivity contribution in [3.8, 4) is 5.75 Å². The highest BCUT2D eigenvalue weighted by molar-refractivity contribution is 14.0. The molecular formula is C26H39IN4O2. The number of nitrogens with one attached hydrogen (secondary N) is 2. The van der Waals surface area contributed by atoms with Gasteiger partial charge in [0.15, 0.2) is 5.96 Å². The number of guanidine groups is 1. The smallest absolute Gasteiger partial charge is 0.191 e. The van der Waals surface area contributed by atoms with Gasteiger partial charge < -0.3 is 20.1 Å². The quantitative estimate of drug-likeness (QED) is 0.257. The Hall–Kier alpha value is -1.84. The predicted molar refractivity (Wildman–Crippen MR) is 147 cm³/mol. The number of aryl methyl sites for hydroxylation is 1. The van der Waals surface area contributed by atoms with Gasteiger partial charge in [-0.1, -0.05) is 42.5 Å². The van der Waals surface area contributed by atoms with Gasteiger partial charge in [0.25, 0.3) is 0 Å². The van der Waals surface area contributed by atoms with Crippen LogP contribution in [0.2, 0.25) is 0 Å². The molecule has 0 aliphatic carbocycles. The molecule has 6 nitrogen and oxygen atoms in total. The Bertz CT molecular complexity index is 857. The van der Waals surface area contributed by atoms with Gasteiger partial charge in [-0.15, -0.1) is 24.0 Å². The molecule has 0 aromatic heterocycles. The fourth-order valence-electron chi connectivity index (χ4n) is 3.69. The van der Waals surface area contributed by atoms with Crippen LogP contribution >= 0.6 is 24.0 Å². The zero-order chi connectivity index (χ0) is 22.8. The van der Waals surface area contributed by atoms with Gasteiger partial charge in [0, 0.05) is 50.8 Å². The van der Waals surface area contributed by atoms with Crippen molar-refractivity contribution >= 4 is 29.9 Å². The molecule has 0 amide bonds. The van der Waals surface area contributed by atoms with Crippen molar-refractivity contribution in [2.75, 3.05) is 40.5 Å². The van der Waals surface area contributed by atoms with E-state index in [0.29, 0.717) is 25.1 Å². The average molecular weight is 567 g/mol. The molecule has 2 aromatic carbocycles. The number of hydrogen-bond donors (Lipinski definition) is 2. The molecule has 0 radical (unpaired) electrons. The second kappa shape index (κ2) is 14.4. The van der Waals surface area contributed by atoms with E-state index in [2.05, 4.69) is 90.0 Å². The van der Waals surface area contributed by atoms with Crippen molar-refractivity contribution in [3.63, 3.8) is 0 Å².